The van der Waals surface area contributed by atoms with E-state index in [1.807, 2.05) is 17.0 Å². The van der Waals surface area contributed by atoms with Crippen LogP contribution in [0, 0.1) is 5.92 Å². The summed E-state index contributed by atoms with van der Waals surface area (Å²) in [6.45, 7) is 1.34. The second-order valence-electron chi connectivity index (χ2n) is 7.07. The predicted octanol–water partition coefficient (Wildman–Crippen LogP) is 3.56. The second kappa shape index (κ2) is 7.54. The first kappa shape index (κ1) is 18.9. The number of fused-ring (bicyclic) bond motifs is 1. The van der Waals surface area contributed by atoms with E-state index in [4.69, 9.17) is 11.6 Å². The molecule has 5 nitrogen and oxygen atoms in total. The topological polar surface area (TPSA) is 66.5 Å². The maximum absolute atomic E-state index is 12.7. The van der Waals surface area contributed by atoms with Crippen molar-refractivity contribution >= 4 is 38.9 Å². The van der Waals surface area contributed by atoms with Gasteiger partial charge >= 0.3 is 0 Å². The van der Waals surface area contributed by atoms with Gasteiger partial charge in [0.2, 0.25) is 15.9 Å². The molecule has 0 bridgehead atoms. The molecule has 0 unspecified atom stereocenters. The Bertz CT molecular complexity index is 967. The van der Waals surface area contributed by atoms with E-state index in [1.54, 1.807) is 18.2 Å². The standard InChI is InChI=1S/C19H21ClN2O3S2/c20-16-7-2-1-4-14(16)11-21-27(24,25)18-10-15-12-22(9-8-17(15)26-18)19(23)13-5-3-6-13/h1-2,4,7,10,13,21H,3,5-6,8-9,11-12H2. The lowest BCUT2D eigenvalue weighted by atomic mass is 9.84. The molecule has 8 heteroatoms. The van der Waals surface area contributed by atoms with Crippen molar-refractivity contribution in [2.24, 2.45) is 5.92 Å². The maximum Gasteiger partial charge on any atom is 0.250 e. The molecule has 1 N–H and O–H groups in total. The zero-order valence-corrected chi connectivity index (χ0v) is 17.2. The third-order valence-electron chi connectivity index (χ3n) is 5.29. The Kier molecular flexibility index (Phi) is 5.29. The van der Waals surface area contributed by atoms with E-state index < -0.39 is 10.0 Å². The van der Waals surface area contributed by atoms with Crippen LogP contribution in [-0.2, 0) is 34.3 Å². The summed E-state index contributed by atoms with van der Waals surface area (Å²) in [6.07, 6.45) is 3.82. The molecule has 144 valence electrons. The van der Waals surface area contributed by atoms with Crippen LogP contribution in [0.25, 0.3) is 0 Å². The van der Waals surface area contributed by atoms with Gasteiger partial charge in [-0.3, -0.25) is 4.79 Å². The molecule has 2 heterocycles. The average Bonchev–Trinajstić information content (AvgIpc) is 3.04. The zero-order chi connectivity index (χ0) is 19.0. The molecule has 1 aliphatic carbocycles. The summed E-state index contributed by atoms with van der Waals surface area (Å²) in [5.41, 5.74) is 1.69. The number of rotatable bonds is 5. The molecule has 27 heavy (non-hydrogen) atoms. The van der Waals surface area contributed by atoms with Crippen LogP contribution in [0.3, 0.4) is 0 Å². The minimum absolute atomic E-state index is 0.150. The van der Waals surface area contributed by atoms with E-state index in [-0.39, 0.29) is 18.4 Å². The summed E-state index contributed by atoms with van der Waals surface area (Å²) in [5, 5.41) is 0.538. The lowest BCUT2D eigenvalue weighted by molar-refractivity contribution is -0.139. The van der Waals surface area contributed by atoms with Crippen molar-refractivity contribution in [1.29, 1.82) is 0 Å². The largest absolute Gasteiger partial charge is 0.338 e. The fraction of sp³-hybridized carbons (Fsp3) is 0.421. The van der Waals surface area contributed by atoms with Crippen molar-refractivity contribution in [3.05, 3.63) is 51.4 Å². The highest BCUT2D eigenvalue weighted by Crippen LogP contribution is 2.34. The van der Waals surface area contributed by atoms with Gasteiger partial charge < -0.3 is 4.90 Å². The first-order valence-corrected chi connectivity index (χ1v) is 11.8. The number of hydrogen-bond acceptors (Lipinski definition) is 4. The van der Waals surface area contributed by atoms with Crippen molar-refractivity contribution in [3.63, 3.8) is 0 Å². The fourth-order valence-electron chi connectivity index (χ4n) is 3.43. The Morgan fingerprint density at radius 2 is 2.07 bits per heavy atom. The van der Waals surface area contributed by atoms with Crippen LogP contribution in [0.1, 0.15) is 35.3 Å². The number of amides is 1. The molecule has 1 aromatic heterocycles. The Labute approximate surface area is 168 Å². The molecule has 1 fully saturated rings. The van der Waals surface area contributed by atoms with Crippen LogP contribution < -0.4 is 4.72 Å². The van der Waals surface area contributed by atoms with E-state index in [9.17, 15) is 13.2 Å². The Morgan fingerprint density at radius 1 is 1.30 bits per heavy atom. The fourth-order valence-corrected chi connectivity index (χ4v) is 6.22. The SMILES string of the molecule is O=C(C1CCC1)N1CCc2sc(S(=O)(=O)NCc3ccccc3Cl)cc2C1. The van der Waals surface area contributed by atoms with Crippen LogP contribution in [-0.4, -0.2) is 25.8 Å². The molecule has 4 rings (SSSR count). The highest BCUT2D eigenvalue weighted by Gasteiger charge is 2.32. The Hall–Kier alpha value is -1.41. The molecule has 1 saturated carbocycles. The third-order valence-corrected chi connectivity index (χ3v) is 8.77. The van der Waals surface area contributed by atoms with Crippen LogP contribution in [0.15, 0.2) is 34.5 Å². The molecular weight excluding hydrogens is 404 g/mol. The summed E-state index contributed by atoms with van der Waals surface area (Å²) in [4.78, 5) is 15.4. The van der Waals surface area contributed by atoms with Crippen LogP contribution in [0.5, 0.6) is 0 Å². The normalized spacial score (nSPS) is 17.4. The molecule has 2 aliphatic rings. The van der Waals surface area contributed by atoms with Crippen molar-refractivity contribution in [2.45, 2.75) is 43.0 Å². The smallest absolute Gasteiger partial charge is 0.250 e. The van der Waals surface area contributed by atoms with E-state index in [0.717, 1.165) is 41.7 Å². The lowest BCUT2D eigenvalue weighted by Gasteiger charge is -2.33. The zero-order valence-electron chi connectivity index (χ0n) is 14.8. The first-order valence-electron chi connectivity index (χ1n) is 9.07. The van der Waals surface area contributed by atoms with Gasteiger partial charge in [-0.25, -0.2) is 13.1 Å². The number of nitrogens with zero attached hydrogens (tertiary/aromatic N) is 1. The van der Waals surface area contributed by atoms with Gasteiger partial charge in [0.1, 0.15) is 4.21 Å². The van der Waals surface area contributed by atoms with Crippen LogP contribution >= 0.6 is 22.9 Å². The Morgan fingerprint density at radius 3 is 2.78 bits per heavy atom. The van der Waals surface area contributed by atoms with E-state index >= 15 is 0 Å². The number of sulfonamides is 1. The van der Waals surface area contributed by atoms with Crippen molar-refractivity contribution in [2.75, 3.05) is 6.54 Å². The van der Waals surface area contributed by atoms with Gasteiger partial charge in [-0.1, -0.05) is 36.2 Å². The predicted molar refractivity (Wildman–Crippen MR) is 106 cm³/mol. The first-order chi connectivity index (χ1) is 12.9. The molecule has 0 spiro atoms. The summed E-state index contributed by atoms with van der Waals surface area (Å²) in [5.74, 6) is 0.394. The van der Waals surface area contributed by atoms with Gasteiger partial charge in [0.05, 0.1) is 0 Å². The molecule has 0 atom stereocenters. The van der Waals surface area contributed by atoms with Gasteiger partial charge in [-0.15, -0.1) is 11.3 Å². The monoisotopic (exact) mass is 424 g/mol. The van der Waals surface area contributed by atoms with Crippen LogP contribution in [0.2, 0.25) is 5.02 Å². The second-order valence-corrected chi connectivity index (χ2v) is 10.6. The number of carbonyl (C=O) groups is 1. The van der Waals surface area contributed by atoms with Gasteiger partial charge in [0, 0.05) is 35.5 Å². The Balaban J connectivity index is 1.46. The number of benzene rings is 1. The molecule has 0 radical (unpaired) electrons. The third kappa shape index (κ3) is 3.92. The van der Waals surface area contributed by atoms with Crippen molar-refractivity contribution in [1.82, 2.24) is 9.62 Å². The number of nitrogens with one attached hydrogen (secondary N) is 1. The lowest BCUT2D eigenvalue weighted by Crippen LogP contribution is -2.41. The van der Waals surface area contributed by atoms with Crippen molar-refractivity contribution < 1.29 is 13.2 Å². The molecule has 1 aromatic carbocycles. The highest BCUT2D eigenvalue weighted by molar-refractivity contribution is 7.91. The average molecular weight is 425 g/mol. The van der Waals surface area contributed by atoms with Gasteiger partial charge in [-0.2, -0.15) is 0 Å². The van der Waals surface area contributed by atoms with Crippen molar-refractivity contribution in [3.8, 4) is 0 Å². The summed E-state index contributed by atoms with van der Waals surface area (Å²) < 4.78 is 28.3. The quantitative estimate of drug-likeness (QED) is 0.797. The molecule has 0 saturated heterocycles. The van der Waals surface area contributed by atoms with E-state index in [1.165, 1.54) is 11.3 Å². The number of carbonyl (C=O) groups excluding carboxylic acids is 1. The summed E-state index contributed by atoms with van der Waals surface area (Å²) in [6, 6.07) is 8.89. The molecule has 2 aromatic rings. The van der Waals surface area contributed by atoms with Gasteiger partial charge in [0.15, 0.2) is 0 Å². The minimum Gasteiger partial charge on any atom is -0.338 e. The number of halogens is 1. The minimum atomic E-state index is -3.61. The number of thiophene rings is 1. The van der Waals surface area contributed by atoms with E-state index in [2.05, 4.69) is 4.72 Å². The van der Waals surface area contributed by atoms with Gasteiger partial charge in [0.25, 0.3) is 0 Å². The molecule has 1 amide bonds. The maximum atomic E-state index is 12.7. The molecular formula is C19H21ClN2O3S2. The number of hydrogen-bond donors (Lipinski definition) is 1. The van der Waals surface area contributed by atoms with E-state index in [0.29, 0.717) is 22.3 Å². The summed E-state index contributed by atoms with van der Waals surface area (Å²) in [7, 11) is -3.61. The van der Waals surface area contributed by atoms with Gasteiger partial charge in [-0.05, 0) is 42.5 Å². The molecule has 1 aliphatic heterocycles. The summed E-state index contributed by atoms with van der Waals surface area (Å²) >= 11 is 7.40. The highest BCUT2D eigenvalue weighted by atomic mass is 35.5. The van der Waals surface area contributed by atoms with Crippen LogP contribution in [0.4, 0.5) is 0 Å².